The summed E-state index contributed by atoms with van der Waals surface area (Å²) in [6.07, 6.45) is 0.502. The number of fused-ring (bicyclic) bond motifs is 2. The lowest BCUT2D eigenvalue weighted by atomic mass is 10.3. The fourth-order valence-corrected chi connectivity index (χ4v) is 5.70. The molecule has 4 aromatic rings. The molecule has 1 amide bonds. The van der Waals surface area contributed by atoms with Crippen LogP contribution in [0.2, 0.25) is 0 Å². The van der Waals surface area contributed by atoms with Crippen LogP contribution in [0.4, 0.5) is 0 Å². The molecule has 0 fully saturated rings. The highest BCUT2D eigenvalue weighted by molar-refractivity contribution is 8.01. The van der Waals surface area contributed by atoms with Crippen LogP contribution >= 0.6 is 34.4 Å². The van der Waals surface area contributed by atoms with Crippen molar-refractivity contribution in [2.45, 2.75) is 17.3 Å². The molecule has 26 heavy (non-hydrogen) atoms. The van der Waals surface area contributed by atoms with Crippen LogP contribution in [0, 0.1) is 0 Å². The summed E-state index contributed by atoms with van der Waals surface area (Å²) in [6.45, 7) is 0.560. The molecule has 0 radical (unpaired) electrons. The predicted octanol–water partition coefficient (Wildman–Crippen LogP) is 5.05. The van der Waals surface area contributed by atoms with E-state index in [1.807, 2.05) is 43.4 Å². The van der Waals surface area contributed by atoms with Gasteiger partial charge in [-0.1, -0.05) is 36.0 Å². The summed E-state index contributed by atoms with van der Waals surface area (Å²) in [5.41, 5.74) is 2.03. The third kappa shape index (κ3) is 3.90. The van der Waals surface area contributed by atoms with Crippen molar-refractivity contribution in [1.82, 2.24) is 14.9 Å². The zero-order chi connectivity index (χ0) is 17.9. The third-order valence-electron chi connectivity index (χ3n) is 3.95. The Bertz CT molecular complexity index is 990. The van der Waals surface area contributed by atoms with Gasteiger partial charge in [0.25, 0.3) is 0 Å². The number of amides is 1. The zero-order valence-electron chi connectivity index (χ0n) is 14.2. The number of thioether (sulfide) groups is 1. The van der Waals surface area contributed by atoms with Crippen LogP contribution in [0.5, 0.6) is 0 Å². The van der Waals surface area contributed by atoms with Crippen molar-refractivity contribution in [1.29, 1.82) is 0 Å². The van der Waals surface area contributed by atoms with Crippen molar-refractivity contribution < 1.29 is 4.79 Å². The van der Waals surface area contributed by atoms with E-state index in [2.05, 4.69) is 22.1 Å². The normalized spacial score (nSPS) is 11.3. The molecule has 2 aromatic carbocycles. The Hall–Kier alpha value is -1.96. The fourth-order valence-electron chi connectivity index (χ4n) is 2.61. The van der Waals surface area contributed by atoms with Gasteiger partial charge in [-0.05, 0) is 24.3 Å². The SMILES string of the molecule is CN(Cc1nc2ccccc2s1)C(=O)CCSc1nc2ccccc2s1. The van der Waals surface area contributed by atoms with Crippen LogP contribution in [0.15, 0.2) is 52.9 Å². The van der Waals surface area contributed by atoms with Gasteiger partial charge in [-0.3, -0.25) is 4.79 Å². The third-order valence-corrected chi connectivity index (χ3v) is 7.15. The molecule has 4 nitrogen and oxygen atoms in total. The van der Waals surface area contributed by atoms with E-state index in [1.54, 1.807) is 39.3 Å². The minimum Gasteiger partial charge on any atom is -0.339 e. The number of nitrogens with zero attached hydrogens (tertiary/aromatic N) is 3. The van der Waals surface area contributed by atoms with Gasteiger partial charge in [-0.25, -0.2) is 9.97 Å². The van der Waals surface area contributed by atoms with E-state index >= 15 is 0 Å². The molecule has 132 valence electrons. The first-order valence-electron chi connectivity index (χ1n) is 8.26. The molecule has 0 spiro atoms. The monoisotopic (exact) mass is 399 g/mol. The highest BCUT2D eigenvalue weighted by Gasteiger charge is 2.13. The Morgan fingerprint density at radius 3 is 2.35 bits per heavy atom. The average Bonchev–Trinajstić information content (AvgIpc) is 3.24. The Kier molecular flexibility index (Phi) is 5.19. The van der Waals surface area contributed by atoms with Gasteiger partial charge in [-0.2, -0.15) is 0 Å². The number of para-hydroxylation sites is 2. The standard InChI is InChI=1S/C19H17N3OS3/c1-22(12-17-20-13-6-2-4-8-15(13)25-17)18(23)10-11-24-19-21-14-7-3-5-9-16(14)26-19/h2-9H,10-12H2,1H3. The number of carbonyl (C=O) groups excluding carboxylic acids is 1. The minimum absolute atomic E-state index is 0.137. The van der Waals surface area contributed by atoms with E-state index in [0.29, 0.717) is 13.0 Å². The predicted molar refractivity (Wildman–Crippen MR) is 111 cm³/mol. The second-order valence-electron chi connectivity index (χ2n) is 5.87. The molecule has 2 heterocycles. The van der Waals surface area contributed by atoms with Gasteiger partial charge in [0.1, 0.15) is 5.01 Å². The molecule has 0 aliphatic rings. The lowest BCUT2D eigenvalue weighted by Crippen LogP contribution is -2.26. The Morgan fingerprint density at radius 2 is 1.65 bits per heavy atom. The summed E-state index contributed by atoms with van der Waals surface area (Å²) in [4.78, 5) is 23.4. The van der Waals surface area contributed by atoms with E-state index in [9.17, 15) is 4.79 Å². The molecule has 0 N–H and O–H groups in total. The molecule has 7 heteroatoms. The van der Waals surface area contributed by atoms with Crippen LogP contribution in [0.1, 0.15) is 11.4 Å². The second kappa shape index (κ2) is 7.73. The summed E-state index contributed by atoms with van der Waals surface area (Å²) in [5.74, 6) is 0.876. The molecule has 0 saturated heterocycles. The summed E-state index contributed by atoms with van der Waals surface area (Å²) in [6, 6.07) is 16.2. The van der Waals surface area contributed by atoms with Crippen LogP contribution in [0.3, 0.4) is 0 Å². The first kappa shape index (κ1) is 17.5. The van der Waals surface area contributed by atoms with Gasteiger partial charge in [0.05, 0.1) is 27.0 Å². The van der Waals surface area contributed by atoms with Gasteiger partial charge in [0, 0.05) is 19.2 Å². The summed E-state index contributed by atoms with van der Waals surface area (Å²) in [7, 11) is 1.84. The molecule has 0 bridgehead atoms. The van der Waals surface area contributed by atoms with Crippen LogP contribution in [0.25, 0.3) is 20.4 Å². The number of benzene rings is 2. The molecule has 0 unspecified atom stereocenters. The van der Waals surface area contributed by atoms with Crippen molar-refractivity contribution in [3.8, 4) is 0 Å². The maximum Gasteiger partial charge on any atom is 0.223 e. The summed E-state index contributed by atoms with van der Waals surface area (Å²) >= 11 is 4.98. The molecule has 0 aliphatic heterocycles. The topological polar surface area (TPSA) is 46.1 Å². The fraction of sp³-hybridized carbons (Fsp3) is 0.211. The molecular formula is C19H17N3OS3. The molecule has 2 aromatic heterocycles. The van der Waals surface area contributed by atoms with E-state index in [0.717, 1.165) is 30.8 Å². The number of carbonyl (C=O) groups is 1. The lowest BCUT2D eigenvalue weighted by molar-refractivity contribution is -0.129. The molecule has 4 rings (SSSR count). The molecule has 0 saturated carbocycles. The van der Waals surface area contributed by atoms with Gasteiger partial charge >= 0.3 is 0 Å². The quantitative estimate of drug-likeness (QED) is 0.426. The van der Waals surface area contributed by atoms with E-state index in [-0.39, 0.29) is 5.91 Å². The van der Waals surface area contributed by atoms with E-state index < -0.39 is 0 Å². The number of thiazole rings is 2. The Labute approximate surface area is 163 Å². The van der Waals surface area contributed by atoms with Crippen molar-refractivity contribution >= 4 is 60.8 Å². The smallest absolute Gasteiger partial charge is 0.223 e. The Morgan fingerprint density at radius 1 is 1.00 bits per heavy atom. The highest BCUT2D eigenvalue weighted by atomic mass is 32.2. The number of hydrogen-bond acceptors (Lipinski definition) is 6. The Balaban J connectivity index is 1.31. The first-order valence-corrected chi connectivity index (χ1v) is 10.9. The van der Waals surface area contributed by atoms with Crippen LogP contribution in [-0.4, -0.2) is 33.6 Å². The van der Waals surface area contributed by atoms with Crippen molar-refractivity contribution in [3.63, 3.8) is 0 Å². The maximum absolute atomic E-state index is 12.4. The summed E-state index contributed by atoms with van der Waals surface area (Å²) in [5, 5.41) is 0.973. The molecular weight excluding hydrogens is 382 g/mol. The second-order valence-corrected chi connectivity index (χ2v) is 9.36. The maximum atomic E-state index is 12.4. The van der Waals surface area contributed by atoms with E-state index in [4.69, 9.17) is 0 Å². The number of aromatic nitrogens is 2. The first-order chi connectivity index (χ1) is 12.7. The zero-order valence-corrected chi connectivity index (χ0v) is 16.7. The van der Waals surface area contributed by atoms with Gasteiger partial charge in [0.15, 0.2) is 4.34 Å². The largest absolute Gasteiger partial charge is 0.339 e. The van der Waals surface area contributed by atoms with Crippen LogP contribution in [-0.2, 0) is 11.3 Å². The van der Waals surface area contributed by atoms with Crippen molar-refractivity contribution in [2.75, 3.05) is 12.8 Å². The van der Waals surface area contributed by atoms with Crippen LogP contribution < -0.4 is 0 Å². The molecule has 0 aliphatic carbocycles. The lowest BCUT2D eigenvalue weighted by Gasteiger charge is -2.15. The average molecular weight is 400 g/mol. The summed E-state index contributed by atoms with van der Waals surface area (Å²) < 4.78 is 3.37. The highest BCUT2D eigenvalue weighted by Crippen LogP contribution is 2.29. The minimum atomic E-state index is 0.137. The van der Waals surface area contributed by atoms with Crippen molar-refractivity contribution in [2.24, 2.45) is 0 Å². The number of hydrogen-bond donors (Lipinski definition) is 0. The van der Waals surface area contributed by atoms with E-state index in [1.165, 1.54) is 4.70 Å². The van der Waals surface area contributed by atoms with Crippen molar-refractivity contribution in [3.05, 3.63) is 53.5 Å². The van der Waals surface area contributed by atoms with Gasteiger partial charge in [-0.15, -0.1) is 22.7 Å². The molecule has 0 atom stereocenters. The number of rotatable bonds is 6. The van der Waals surface area contributed by atoms with Gasteiger partial charge in [0.2, 0.25) is 5.91 Å². The van der Waals surface area contributed by atoms with Gasteiger partial charge < -0.3 is 4.90 Å².